The first-order valence-electron chi connectivity index (χ1n) is 7.77. The summed E-state index contributed by atoms with van der Waals surface area (Å²) in [5, 5.41) is 0. The van der Waals surface area contributed by atoms with Gasteiger partial charge in [0.05, 0.1) is 0 Å². The largest absolute Gasteiger partial charge is 0.336 e. The Bertz CT molecular complexity index is 489. The van der Waals surface area contributed by atoms with Crippen LogP contribution in [0.1, 0.15) is 45.1 Å². The summed E-state index contributed by atoms with van der Waals surface area (Å²) in [6.07, 6.45) is 3.68. The summed E-state index contributed by atoms with van der Waals surface area (Å²) in [6.45, 7) is 4.44. The van der Waals surface area contributed by atoms with Crippen LogP contribution in [0.15, 0.2) is 24.3 Å². The first-order valence-corrected chi connectivity index (χ1v) is 7.77. The van der Waals surface area contributed by atoms with Gasteiger partial charge in [0.1, 0.15) is 5.82 Å². The highest BCUT2D eigenvalue weighted by atomic mass is 19.1. The van der Waals surface area contributed by atoms with Crippen LogP contribution in [0.4, 0.5) is 4.39 Å². The fraction of sp³-hybridized carbons (Fsp3) is 0.588. The summed E-state index contributed by atoms with van der Waals surface area (Å²) in [7, 11) is 0. The quantitative estimate of drug-likeness (QED) is 0.906. The van der Waals surface area contributed by atoms with Crippen LogP contribution in [0, 0.1) is 11.7 Å². The highest BCUT2D eigenvalue weighted by Gasteiger charge is 2.28. The van der Waals surface area contributed by atoms with E-state index in [1.54, 1.807) is 6.07 Å². The second-order valence-corrected chi connectivity index (χ2v) is 6.30. The van der Waals surface area contributed by atoms with Gasteiger partial charge in [0.2, 0.25) is 5.91 Å². The lowest BCUT2D eigenvalue weighted by Gasteiger charge is -2.29. The molecule has 4 heteroatoms. The monoisotopic (exact) mass is 292 g/mol. The summed E-state index contributed by atoms with van der Waals surface area (Å²) in [6, 6.07) is 6.69. The summed E-state index contributed by atoms with van der Waals surface area (Å²) < 4.78 is 13.3. The number of nitrogens with zero attached hydrogens (tertiary/aromatic N) is 1. The Labute approximate surface area is 126 Å². The molecule has 21 heavy (non-hydrogen) atoms. The van der Waals surface area contributed by atoms with Crippen LogP contribution in [0.25, 0.3) is 0 Å². The van der Waals surface area contributed by atoms with Crippen molar-refractivity contribution in [3.63, 3.8) is 0 Å². The number of benzene rings is 1. The van der Waals surface area contributed by atoms with E-state index in [2.05, 4.69) is 0 Å². The normalized spacial score (nSPS) is 21.8. The molecule has 2 atom stereocenters. The van der Waals surface area contributed by atoms with Crippen LogP contribution in [0.5, 0.6) is 0 Å². The zero-order valence-electron chi connectivity index (χ0n) is 12.9. The average molecular weight is 292 g/mol. The van der Waals surface area contributed by atoms with Crippen LogP contribution in [0.2, 0.25) is 0 Å². The highest BCUT2D eigenvalue weighted by molar-refractivity contribution is 5.76. The van der Waals surface area contributed by atoms with Gasteiger partial charge in [-0.25, -0.2) is 4.39 Å². The lowest BCUT2D eigenvalue weighted by atomic mass is 9.99. The van der Waals surface area contributed by atoms with Crippen molar-refractivity contribution in [2.24, 2.45) is 11.7 Å². The average Bonchev–Trinajstić information content (AvgIpc) is 2.81. The highest BCUT2D eigenvalue weighted by Crippen LogP contribution is 2.28. The molecule has 0 spiro atoms. The molecule has 116 valence electrons. The van der Waals surface area contributed by atoms with E-state index < -0.39 is 0 Å². The van der Waals surface area contributed by atoms with Gasteiger partial charge in [-0.15, -0.1) is 0 Å². The van der Waals surface area contributed by atoms with Crippen molar-refractivity contribution in [1.82, 2.24) is 4.90 Å². The lowest BCUT2D eigenvalue weighted by molar-refractivity contribution is -0.134. The predicted molar refractivity (Wildman–Crippen MR) is 82.0 cm³/mol. The van der Waals surface area contributed by atoms with Crippen molar-refractivity contribution in [3.05, 3.63) is 35.6 Å². The van der Waals surface area contributed by atoms with Crippen LogP contribution in [0.3, 0.4) is 0 Å². The number of carbonyl (C=O) groups is 1. The van der Waals surface area contributed by atoms with Gasteiger partial charge >= 0.3 is 0 Å². The lowest BCUT2D eigenvalue weighted by Crippen LogP contribution is -2.39. The van der Waals surface area contributed by atoms with Gasteiger partial charge in [-0.1, -0.05) is 18.6 Å². The molecule has 1 fully saturated rings. The SMILES string of the molecule is CC(C)N(Cc1cccc(F)c1)C(=O)C[C@@H]1CCC[C@H]1N. The summed E-state index contributed by atoms with van der Waals surface area (Å²) in [5.41, 5.74) is 6.88. The number of halogens is 1. The Morgan fingerprint density at radius 2 is 2.19 bits per heavy atom. The molecule has 2 N–H and O–H groups in total. The second-order valence-electron chi connectivity index (χ2n) is 6.30. The number of amides is 1. The molecule has 0 radical (unpaired) electrons. The topological polar surface area (TPSA) is 46.3 Å². The van der Waals surface area contributed by atoms with Gasteiger partial charge in [-0.2, -0.15) is 0 Å². The molecule has 1 aromatic carbocycles. The van der Waals surface area contributed by atoms with Gasteiger partial charge in [0, 0.05) is 25.0 Å². The number of rotatable bonds is 5. The van der Waals surface area contributed by atoms with E-state index in [1.165, 1.54) is 12.1 Å². The first-order chi connectivity index (χ1) is 9.97. The Morgan fingerprint density at radius 1 is 1.43 bits per heavy atom. The van der Waals surface area contributed by atoms with Crippen LogP contribution in [-0.4, -0.2) is 22.9 Å². The van der Waals surface area contributed by atoms with Crippen molar-refractivity contribution in [3.8, 4) is 0 Å². The van der Waals surface area contributed by atoms with Gasteiger partial charge in [-0.05, 0) is 50.3 Å². The molecule has 1 aliphatic rings. The van der Waals surface area contributed by atoms with Gasteiger partial charge < -0.3 is 10.6 Å². The maximum atomic E-state index is 13.3. The van der Waals surface area contributed by atoms with Crippen LogP contribution < -0.4 is 5.73 Å². The molecule has 1 aliphatic carbocycles. The van der Waals surface area contributed by atoms with E-state index in [-0.39, 0.29) is 23.8 Å². The second kappa shape index (κ2) is 7.03. The number of nitrogens with two attached hydrogens (primary N) is 1. The van der Waals surface area contributed by atoms with E-state index in [1.807, 2.05) is 24.8 Å². The third kappa shape index (κ3) is 4.27. The molecule has 3 nitrogen and oxygen atoms in total. The molecule has 0 aromatic heterocycles. The van der Waals surface area contributed by atoms with Crippen LogP contribution >= 0.6 is 0 Å². The third-order valence-corrected chi connectivity index (χ3v) is 4.34. The molecule has 1 amide bonds. The predicted octanol–water partition coefficient (Wildman–Crippen LogP) is 3.08. The zero-order chi connectivity index (χ0) is 15.4. The fourth-order valence-corrected chi connectivity index (χ4v) is 3.05. The van der Waals surface area contributed by atoms with E-state index in [9.17, 15) is 9.18 Å². The number of carbonyl (C=O) groups excluding carboxylic acids is 1. The molecular weight excluding hydrogens is 267 g/mol. The summed E-state index contributed by atoms with van der Waals surface area (Å²) in [4.78, 5) is 14.4. The van der Waals surface area contributed by atoms with Gasteiger partial charge in [0.25, 0.3) is 0 Å². The molecule has 0 aliphatic heterocycles. The summed E-state index contributed by atoms with van der Waals surface area (Å²) >= 11 is 0. The summed E-state index contributed by atoms with van der Waals surface area (Å²) in [5.74, 6) is 0.157. The molecule has 0 unspecified atom stereocenters. The van der Waals surface area contributed by atoms with Crippen molar-refractivity contribution in [1.29, 1.82) is 0 Å². The standard InChI is InChI=1S/C17H25FN2O/c1-12(2)20(11-13-5-3-7-15(18)9-13)17(21)10-14-6-4-8-16(14)19/h3,5,7,9,12,14,16H,4,6,8,10-11,19H2,1-2H3/t14-,16+/m0/s1. The van der Waals surface area contributed by atoms with Crippen molar-refractivity contribution >= 4 is 5.91 Å². The Balaban J connectivity index is 2.02. The van der Waals surface area contributed by atoms with E-state index >= 15 is 0 Å². The molecule has 0 heterocycles. The zero-order valence-corrected chi connectivity index (χ0v) is 12.9. The minimum atomic E-state index is -0.263. The Kier molecular flexibility index (Phi) is 5.34. The van der Waals surface area contributed by atoms with Gasteiger partial charge in [-0.3, -0.25) is 4.79 Å². The van der Waals surface area contributed by atoms with Crippen LogP contribution in [-0.2, 0) is 11.3 Å². The number of hydrogen-bond donors (Lipinski definition) is 1. The van der Waals surface area contributed by atoms with E-state index in [0.29, 0.717) is 18.9 Å². The number of hydrogen-bond acceptors (Lipinski definition) is 2. The smallest absolute Gasteiger partial charge is 0.223 e. The molecule has 2 rings (SSSR count). The maximum Gasteiger partial charge on any atom is 0.223 e. The maximum absolute atomic E-state index is 13.3. The Morgan fingerprint density at radius 3 is 2.76 bits per heavy atom. The van der Waals surface area contributed by atoms with Crippen molar-refractivity contribution in [2.75, 3.05) is 0 Å². The molecule has 1 saturated carbocycles. The van der Waals surface area contributed by atoms with E-state index in [0.717, 1.165) is 24.8 Å². The molecule has 1 aromatic rings. The third-order valence-electron chi connectivity index (χ3n) is 4.34. The Hall–Kier alpha value is -1.42. The molecule has 0 bridgehead atoms. The van der Waals surface area contributed by atoms with Crippen molar-refractivity contribution < 1.29 is 9.18 Å². The van der Waals surface area contributed by atoms with E-state index in [4.69, 9.17) is 5.73 Å². The molecular formula is C17H25FN2O. The fourth-order valence-electron chi connectivity index (χ4n) is 3.05. The minimum absolute atomic E-state index is 0.0957. The molecule has 0 saturated heterocycles. The van der Waals surface area contributed by atoms with Crippen molar-refractivity contribution in [2.45, 2.75) is 58.2 Å². The first kappa shape index (κ1) is 16.0. The minimum Gasteiger partial charge on any atom is -0.336 e. The van der Waals surface area contributed by atoms with Gasteiger partial charge in [0.15, 0.2) is 0 Å².